The van der Waals surface area contributed by atoms with E-state index < -0.39 is 18.0 Å². The number of ether oxygens (including phenoxy) is 1. The SMILES string of the molecule is C[C@@H](OC(=O)CCN1C(=O)[C@H]2CCCC[C@@H]2C1=O)C(=O)Nc1ccccc1Cl. The van der Waals surface area contributed by atoms with E-state index in [-0.39, 0.29) is 36.6 Å². The molecule has 1 heterocycles. The second-order valence-electron chi connectivity index (χ2n) is 7.18. The molecule has 1 aliphatic carbocycles. The number of amides is 3. The highest BCUT2D eigenvalue weighted by Gasteiger charge is 2.47. The number of nitrogens with one attached hydrogen (secondary N) is 1. The molecule has 3 atom stereocenters. The van der Waals surface area contributed by atoms with E-state index in [4.69, 9.17) is 16.3 Å². The van der Waals surface area contributed by atoms with Gasteiger partial charge in [0, 0.05) is 6.54 Å². The average Bonchev–Trinajstić information content (AvgIpc) is 2.92. The first-order chi connectivity index (χ1) is 13.4. The Labute approximate surface area is 168 Å². The minimum atomic E-state index is -1.03. The number of fused-ring (bicyclic) bond motifs is 1. The van der Waals surface area contributed by atoms with Gasteiger partial charge in [-0.3, -0.25) is 24.1 Å². The minimum absolute atomic E-state index is 0.0116. The fourth-order valence-corrected chi connectivity index (χ4v) is 3.94. The van der Waals surface area contributed by atoms with Crippen molar-refractivity contribution in [3.8, 4) is 0 Å². The van der Waals surface area contributed by atoms with Crippen LogP contribution in [0.15, 0.2) is 24.3 Å². The van der Waals surface area contributed by atoms with Crippen LogP contribution in [-0.2, 0) is 23.9 Å². The van der Waals surface area contributed by atoms with Crippen molar-refractivity contribution in [3.63, 3.8) is 0 Å². The fourth-order valence-electron chi connectivity index (χ4n) is 3.76. The Morgan fingerprint density at radius 3 is 2.39 bits per heavy atom. The molecule has 1 aromatic rings. The summed E-state index contributed by atoms with van der Waals surface area (Å²) >= 11 is 5.99. The molecular formula is C20H23ClN2O5. The Bertz CT molecular complexity index is 773. The Hall–Kier alpha value is -2.41. The van der Waals surface area contributed by atoms with Gasteiger partial charge in [0.15, 0.2) is 6.10 Å². The van der Waals surface area contributed by atoms with E-state index in [2.05, 4.69) is 5.32 Å². The molecule has 2 aliphatic rings. The van der Waals surface area contributed by atoms with Crippen LogP contribution in [0.1, 0.15) is 39.0 Å². The molecule has 1 saturated carbocycles. The quantitative estimate of drug-likeness (QED) is 0.579. The molecule has 1 aromatic carbocycles. The van der Waals surface area contributed by atoms with Gasteiger partial charge in [-0.15, -0.1) is 0 Å². The third kappa shape index (κ3) is 4.35. The van der Waals surface area contributed by atoms with Gasteiger partial charge >= 0.3 is 5.97 Å². The molecule has 150 valence electrons. The maximum Gasteiger partial charge on any atom is 0.308 e. The van der Waals surface area contributed by atoms with Crippen LogP contribution in [0.2, 0.25) is 5.02 Å². The van der Waals surface area contributed by atoms with Gasteiger partial charge < -0.3 is 10.1 Å². The molecule has 0 radical (unpaired) electrons. The topological polar surface area (TPSA) is 92.8 Å². The lowest BCUT2D eigenvalue weighted by molar-refractivity contribution is -0.154. The van der Waals surface area contributed by atoms with Crippen LogP contribution in [-0.4, -0.2) is 41.2 Å². The van der Waals surface area contributed by atoms with Gasteiger partial charge in [-0.05, 0) is 31.9 Å². The van der Waals surface area contributed by atoms with Crippen LogP contribution >= 0.6 is 11.6 Å². The number of rotatable bonds is 6. The predicted molar refractivity (Wildman–Crippen MR) is 102 cm³/mol. The number of hydrogen-bond donors (Lipinski definition) is 1. The zero-order valence-corrected chi connectivity index (χ0v) is 16.4. The van der Waals surface area contributed by atoms with Gasteiger partial charge in [0.25, 0.3) is 5.91 Å². The maximum atomic E-state index is 12.4. The normalized spacial score (nSPS) is 22.6. The molecule has 2 fully saturated rings. The number of esters is 1. The molecule has 1 N–H and O–H groups in total. The van der Waals surface area contributed by atoms with Crippen molar-refractivity contribution in [2.75, 3.05) is 11.9 Å². The molecule has 0 spiro atoms. The van der Waals surface area contributed by atoms with Gasteiger partial charge in [-0.2, -0.15) is 0 Å². The smallest absolute Gasteiger partial charge is 0.308 e. The summed E-state index contributed by atoms with van der Waals surface area (Å²) in [5.41, 5.74) is 0.424. The number of imide groups is 1. The van der Waals surface area contributed by atoms with E-state index in [0.29, 0.717) is 10.7 Å². The van der Waals surface area contributed by atoms with Crippen LogP contribution in [0.3, 0.4) is 0 Å². The lowest BCUT2D eigenvalue weighted by Gasteiger charge is -2.19. The molecule has 1 aliphatic heterocycles. The molecule has 0 unspecified atom stereocenters. The van der Waals surface area contributed by atoms with Gasteiger partial charge in [0.2, 0.25) is 11.8 Å². The molecule has 7 nitrogen and oxygen atoms in total. The second-order valence-corrected chi connectivity index (χ2v) is 7.58. The van der Waals surface area contributed by atoms with Gasteiger partial charge in [0.1, 0.15) is 0 Å². The number of likely N-dealkylation sites (tertiary alicyclic amines) is 1. The first kappa shape index (κ1) is 20.3. The van der Waals surface area contributed by atoms with E-state index in [1.54, 1.807) is 24.3 Å². The third-order valence-electron chi connectivity index (χ3n) is 5.28. The number of benzene rings is 1. The van der Waals surface area contributed by atoms with E-state index in [0.717, 1.165) is 25.7 Å². The number of para-hydroxylation sites is 1. The van der Waals surface area contributed by atoms with Crippen molar-refractivity contribution in [1.82, 2.24) is 4.90 Å². The van der Waals surface area contributed by atoms with Crippen LogP contribution in [0.25, 0.3) is 0 Å². The van der Waals surface area contributed by atoms with Crippen molar-refractivity contribution in [2.24, 2.45) is 11.8 Å². The van der Waals surface area contributed by atoms with Crippen molar-refractivity contribution in [2.45, 2.75) is 45.1 Å². The Kier molecular flexibility index (Phi) is 6.34. The van der Waals surface area contributed by atoms with Crippen LogP contribution in [0.5, 0.6) is 0 Å². The van der Waals surface area contributed by atoms with Gasteiger partial charge in [-0.1, -0.05) is 36.6 Å². The second kappa shape index (κ2) is 8.73. The standard InChI is InChI=1S/C20H23ClN2O5/c1-12(18(25)22-16-9-5-4-8-15(16)21)28-17(24)10-11-23-19(26)13-6-2-3-7-14(13)20(23)27/h4-5,8-9,12-14H,2-3,6-7,10-11H2,1H3,(H,22,25)/t12-,13+,14+/m1/s1. The van der Waals surface area contributed by atoms with Crippen LogP contribution in [0, 0.1) is 11.8 Å². The largest absolute Gasteiger partial charge is 0.452 e. The molecule has 3 amide bonds. The Morgan fingerprint density at radius 2 is 1.79 bits per heavy atom. The number of carbonyl (C=O) groups excluding carboxylic acids is 4. The molecule has 3 rings (SSSR count). The molecule has 8 heteroatoms. The summed E-state index contributed by atoms with van der Waals surface area (Å²) < 4.78 is 5.13. The summed E-state index contributed by atoms with van der Waals surface area (Å²) in [6.07, 6.45) is 2.20. The summed E-state index contributed by atoms with van der Waals surface area (Å²) in [6, 6.07) is 6.73. The first-order valence-corrected chi connectivity index (χ1v) is 9.86. The maximum absolute atomic E-state index is 12.4. The molecule has 1 saturated heterocycles. The third-order valence-corrected chi connectivity index (χ3v) is 5.61. The fraction of sp³-hybridized carbons (Fsp3) is 0.500. The highest BCUT2D eigenvalue weighted by atomic mass is 35.5. The van der Waals surface area contributed by atoms with E-state index in [9.17, 15) is 19.2 Å². The van der Waals surface area contributed by atoms with E-state index in [1.807, 2.05) is 0 Å². The summed E-state index contributed by atoms with van der Waals surface area (Å²) in [5, 5.41) is 2.97. The highest BCUT2D eigenvalue weighted by Crippen LogP contribution is 2.38. The van der Waals surface area contributed by atoms with Crippen molar-refractivity contribution in [3.05, 3.63) is 29.3 Å². The summed E-state index contributed by atoms with van der Waals surface area (Å²) in [6.45, 7) is 1.44. The Morgan fingerprint density at radius 1 is 1.18 bits per heavy atom. The number of anilines is 1. The number of nitrogens with zero attached hydrogens (tertiary/aromatic N) is 1. The number of hydrogen-bond acceptors (Lipinski definition) is 5. The number of carbonyl (C=O) groups is 4. The summed E-state index contributed by atoms with van der Waals surface area (Å²) in [7, 11) is 0. The average molecular weight is 407 g/mol. The van der Waals surface area contributed by atoms with Crippen LogP contribution < -0.4 is 5.32 Å². The number of halogens is 1. The van der Waals surface area contributed by atoms with Crippen molar-refractivity contribution < 1.29 is 23.9 Å². The molecule has 0 bridgehead atoms. The van der Waals surface area contributed by atoms with Crippen LogP contribution in [0.4, 0.5) is 5.69 Å². The van der Waals surface area contributed by atoms with Crippen molar-refractivity contribution in [1.29, 1.82) is 0 Å². The summed E-state index contributed by atoms with van der Waals surface area (Å²) in [5.74, 6) is -2.01. The van der Waals surface area contributed by atoms with E-state index in [1.165, 1.54) is 11.8 Å². The first-order valence-electron chi connectivity index (χ1n) is 9.48. The van der Waals surface area contributed by atoms with E-state index >= 15 is 0 Å². The Balaban J connectivity index is 1.48. The zero-order valence-electron chi connectivity index (χ0n) is 15.7. The van der Waals surface area contributed by atoms with Crippen molar-refractivity contribution >= 4 is 41.0 Å². The lowest BCUT2D eigenvalue weighted by atomic mass is 9.81. The minimum Gasteiger partial charge on any atom is -0.452 e. The molecule has 0 aromatic heterocycles. The molecular weight excluding hydrogens is 384 g/mol. The zero-order chi connectivity index (χ0) is 20.3. The highest BCUT2D eigenvalue weighted by molar-refractivity contribution is 6.33. The lowest BCUT2D eigenvalue weighted by Crippen LogP contribution is -2.35. The molecule has 28 heavy (non-hydrogen) atoms. The predicted octanol–water partition coefficient (Wildman–Crippen LogP) is 2.78. The monoisotopic (exact) mass is 406 g/mol. The van der Waals surface area contributed by atoms with Gasteiger partial charge in [0.05, 0.1) is 29.0 Å². The van der Waals surface area contributed by atoms with Gasteiger partial charge in [-0.25, -0.2) is 0 Å². The summed E-state index contributed by atoms with van der Waals surface area (Å²) in [4.78, 5) is 50.2.